The zero-order valence-electron chi connectivity index (χ0n) is 12.6. The Morgan fingerprint density at radius 2 is 1.88 bits per heavy atom. The Labute approximate surface area is 173 Å². The number of hydrogen-bond acceptors (Lipinski definition) is 5. The lowest BCUT2D eigenvalue weighted by Crippen LogP contribution is -2.01. The first-order valence-corrected chi connectivity index (χ1v) is 10.4. The third kappa shape index (κ3) is 4.90. The van der Waals surface area contributed by atoms with Crippen LogP contribution >= 0.6 is 70.1 Å². The van der Waals surface area contributed by atoms with Gasteiger partial charge in [-0.2, -0.15) is 0 Å². The lowest BCUT2D eigenvalue weighted by Gasteiger charge is -2.06. The van der Waals surface area contributed by atoms with Gasteiger partial charge in [-0.05, 0) is 42.5 Å². The topological polar surface area (TPSA) is 27.1 Å². The molecule has 1 aromatic heterocycles. The summed E-state index contributed by atoms with van der Waals surface area (Å²) in [6.07, 6.45) is 0. The van der Waals surface area contributed by atoms with Crippen LogP contribution in [-0.2, 0) is 0 Å². The maximum Gasteiger partial charge on any atom is 0.184 e. The average molecular weight is 450 g/mol. The molecule has 0 fully saturated rings. The smallest absolute Gasteiger partial charge is 0.184 e. The predicted octanol–water partition coefficient (Wildman–Crippen LogP) is 6.79. The Hall–Kier alpha value is -0.760. The highest BCUT2D eigenvalue weighted by Gasteiger charge is 2.09. The third-order valence-electron chi connectivity index (χ3n) is 3.08. The molecule has 0 N–H and O–H groups in total. The molecular weight excluding hydrogens is 439 g/mol. The summed E-state index contributed by atoms with van der Waals surface area (Å²) in [7, 11) is 0. The summed E-state index contributed by atoms with van der Waals surface area (Å²) in [5.41, 5.74) is 0.787. The van der Waals surface area contributed by atoms with Crippen LogP contribution in [0.1, 0.15) is 0 Å². The summed E-state index contributed by atoms with van der Waals surface area (Å²) < 4.78 is 8.85. The molecule has 3 nitrogen and oxygen atoms in total. The zero-order chi connectivity index (χ0) is 17.8. The average Bonchev–Trinajstić information content (AvgIpc) is 2.96. The fourth-order valence-electron chi connectivity index (χ4n) is 1.94. The molecule has 1 heterocycles. The van der Waals surface area contributed by atoms with Crippen LogP contribution in [0.25, 0.3) is 5.69 Å². The van der Waals surface area contributed by atoms with Gasteiger partial charge in [-0.3, -0.25) is 0 Å². The molecule has 0 saturated carbocycles. The van der Waals surface area contributed by atoms with Crippen molar-refractivity contribution in [1.29, 1.82) is 0 Å². The first-order valence-electron chi connectivity index (χ1n) is 7.10. The maximum absolute atomic E-state index is 6.06. The molecule has 0 unspecified atom stereocenters. The number of halogens is 3. The van der Waals surface area contributed by atoms with Gasteiger partial charge in [0.25, 0.3) is 0 Å². The van der Waals surface area contributed by atoms with E-state index in [9.17, 15) is 0 Å². The lowest BCUT2D eigenvalue weighted by molar-refractivity contribution is 0.344. The van der Waals surface area contributed by atoms with E-state index in [4.69, 9.17) is 51.8 Å². The minimum absolute atomic E-state index is 0.469. The molecule has 0 saturated heterocycles. The van der Waals surface area contributed by atoms with E-state index in [0.717, 1.165) is 15.8 Å². The van der Waals surface area contributed by atoms with Gasteiger partial charge in [0.05, 0.1) is 27.4 Å². The molecule has 0 amide bonds. The number of benzene rings is 2. The van der Waals surface area contributed by atoms with Gasteiger partial charge in [0.1, 0.15) is 5.75 Å². The van der Waals surface area contributed by atoms with E-state index in [2.05, 4.69) is 5.10 Å². The molecule has 9 heteroatoms. The van der Waals surface area contributed by atoms with E-state index in [1.165, 1.54) is 11.3 Å². The quantitative estimate of drug-likeness (QED) is 0.235. The van der Waals surface area contributed by atoms with Crippen molar-refractivity contribution in [3.63, 3.8) is 0 Å². The Kier molecular flexibility index (Phi) is 6.66. The highest BCUT2D eigenvalue weighted by molar-refractivity contribution is 8.01. The van der Waals surface area contributed by atoms with Gasteiger partial charge in [-0.25, -0.2) is 4.68 Å². The number of thioether (sulfide) groups is 1. The van der Waals surface area contributed by atoms with Gasteiger partial charge in [-0.15, -0.1) is 5.10 Å². The molecule has 2 aromatic carbocycles. The first kappa shape index (κ1) is 19.0. The van der Waals surface area contributed by atoms with Crippen molar-refractivity contribution in [3.05, 3.63) is 61.5 Å². The summed E-state index contributed by atoms with van der Waals surface area (Å²) in [6.45, 7) is 0.521. The predicted molar refractivity (Wildman–Crippen MR) is 110 cm³/mol. The Balaban J connectivity index is 1.62. The van der Waals surface area contributed by atoms with Crippen molar-refractivity contribution in [2.45, 2.75) is 4.34 Å². The number of rotatable bonds is 6. The van der Waals surface area contributed by atoms with Crippen molar-refractivity contribution < 1.29 is 4.74 Å². The number of hydrogen-bond donors (Lipinski definition) is 0. The van der Waals surface area contributed by atoms with Crippen LogP contribution in [0.4, 0.5) is 0 Å². The fraction of sp³-hybridized carbons (Fsp3) is 0.125. The molecule has 25 heavy (non-hydrogen) atoms. The molecule has 0 radical (unpaired) electrons. The van der Waals surface area contributed by atoms with Crippen molar-refractivity contribution in [3.8, 4) is 11.4 Å². The van der Waals surface area contributed by atoms with Gasteiger partial charge in [-0.1, -0.05) is 70.0 Å². The SMILES string of the molecule is S=c1sc(SCCOc2ccccc2Cl)nn1-c1ccc(Cl)c(Cl)c1. The molecule has 3 rings (SSSR count). The minimum atomic E-state index is 0.469. The number of para-hydroxylation sites is 1. The second-order valence-corrected chi connectivity index (χ2v) is 8.96. The summed E-state index contributed by atoms with van der Waals surface area (Å²) >= 11 is 26.5. The van der Waals surface area contributed by atoms with Gasteiger partial charge in [0.15, 0.2) is 8.29 Å². The Bertz CT molecular complexity index is 942. The van der Waals surface area contributed by atoms with Crippen LogP contribution < -0.4 is 4.74 Å². The normalized spacial score (nSPS) is 10.8. The molecule has 0 spiro atoms. The van der Waals surface area contributed by atoms with Crippen LogP contribution in [0.15, 0.2) is 46.8 Å². The second kappa shape index (κ2) is 8.75. The fourth-order valence-corrected chi connectivity index (χ4v) is 4.67. The molecule has 0 aliphatic carbocycles. The van der Waals surface area contributed by atoms with Crippen molar-refractivity contribution in [1.82, 2.24) is 9.78 Å². The van der Waals surface area contributed by atoms with E-state index in [1.807, 2.05) is 24.3 Å². The third-order valence-corrected chi connectivity index (χ3v) is 6.46. The molecule has 0 atom stereocenters. The maximum atomic E-state index is 6.06. The van der Waals surface area contributed by atoms with Crippen LogP contribution in [0, 0.1) is 3.95 Å². The molecule has 0 aliphatic rings. The van der Waals surface area contributed by atoms with Crippen molar-refractivity contribution >= 4 is 70.1 Å². The van der Waals surface area contributed by atoms with Crippen molar-refractivity contribution in [2.75, 3.05) is 12.4 Å². The molecule has 3 aromatic rings. The number of aromatic nitrogens is 2. The van der Waals surface area contributed by atoms with Crippen LogP contribution in [0.5, 0.6) is 5.75 Å². The summed E-state index contributed by atoms with van der Waals surface area (Å²) in [6, 6.07) is 12.7. The van der Waals surface area contributed by atoms with E-state index in [-0.39, 0.29) is 0 Å². The molecule has 0 bridgehead atoms. The summed E-state index contributed by atoms with van der Waals surface area (Å²) in [5, 5.41) is 6.09. The lowest BCUT2D eigenvalue weighted by atomic mass is 10.3. The number of nitrogens with zero attached hydrogens (tertiary/aromatic N) is 2. The van der Waals surface area contributed by atoms with Crippen LogP contribution in [0.2, 0.25) is 15.1 Å². The summed E-state index contributed by atoms with van der Waals surface area (Å²) in [5.74, 6) is 1.41. The van der Waals surface area contributed by atoms with Gasteiger partial charge in [0.2, 0.25) is 0 Å². The van der Waals surface area contributed by atoms with E-state index in [0.29, 0.717) is 31.4 Å². The van der Waals surface area contributed by atoms with E-state index >= 15 is 0 Å². The molecular formula is C16H11Cl3N2OS3. The largest absolute Gasteiger partial charge is 0.491 e. The molecule has 0 aliphatic heterocycles. The van der Waals surface area contributed by atoms with Crippen molar-refractivity contribution in [2.24, 2.45) is 0 Å². The van der Waals surface area contributed by atoms with Crippen LogP contribution in [-0.4, -0.2) is 22.1 Å². The Morgan fingerprint density at radius 3 is 2.64 bits per heavy atom. The van der Waals surface area contributed by atoms with Gasteiger partial charge in [0, 0.05) is 5.75 Å². The minimum Gasteiger partial charge on any atom is -0.491 e. The first-order chi connectivity index (χ1) is 12.0. The van der Waals surface area contributed by atoms with Gasteiger partial charge >= 0.3 is 0 Å². The van der Waals surface area contributed by atoms with Gasteiger partial charge < -0.3 is 4.74 Å². The van der Waals surface area contributed by atoms with Crippen LogP contribution in [0.3, 0.4) is 0 Å². The summed E-state index contributed by atoms with van der Waals surface area (Å²) in [4.78, 5) is 0. The highest BCUT2D eigenvalue weighted by Crippen LogP contribution is 2.28. The van der Waals surface area contributed by atoms with E-state index in [1.54, 1.807) is 34.6 Å². The second-order valence-electron chi connectivity index (χ2n) is 4.77. The number of ether oxygens (including phenoxy) is 1. The molecule has 130 valence electrons. The zero-order valence-corrected chi connectivity index (χ0v) is 17.3. The van der Waals surface area contributed by atoms with E-state index < -0.39 is 0 Å². The Morgan fingerprint density at radius 1 is 1.08 bits per heavy atom. The monoisotopic (exact) mass is 448 g/mol. The highest BCUT2D eigenvalue weighted by atomic mass is 35.5. The standard InChI is InChI=1S/C16H11Cl3N2OS3/c17-11-6-5-10(9-13(11)19)21-16(23)25-15(20-21)24-8-7-22-14-4-2-1-3-12(14)18/h1-6,9H,7-8H2.